The zero-order chi connectivity index (χ0) is 9.72. The van der Waals surface area contributed by atoms with E-state index in [2.05, 4.69) is 0 Å². The third-order valence-corrected chi connectivity index (χ3v) is 1.30. The molecule has 0 fully saturated rings. The van der Waals surface area contributed by atoms with Gasteiger partial charge in [-0.05, 0) is 12.3 Å². The Morgan fingerprint density at radius 1 is 1.46 bits per heavy atom. The van der Waals surface area contributed by atoms with Crippen LogP contribution in [-0.2, 0) is 4.79 Å². The summed E-state index contributed by atoms with van der Waals surface area (Å²) in [6.07, 6.45) is -1.29. The molecular weight excluding hydrogens is 185 g/mol. The van der Waals surface area contributed by atoms with E-state index in [-0.39, 0.29) is 41.9 Å². The largest absolute Gasteiger partial charge is 1.00 e. The van der Waals surface area contributed by atoms with Gasteiger partial charge in [-0.3, -0.25) is 0 Å². The van der Waals surface area contributed by atoms with Crippen molar-refractivity contribution in [1.82, 2.24) is 5.32 Å². The molecule has 2 N–H and O–H groups in total. The van der Waals surface area contributed by atoms with Crippen LogP contribution in [-0.4, -0.2) is 23.2 Å². The summed E-state index contributed by atoms with van der Waals surface area (Å²) >= 11 is 0. The van der Waals surface area contributed by atoms with E-state index in [1.54, 1.807) is 0 Å². The molecular formula is C7H12NNaO4. The van der Waals surface area contributed by atoms with Crippen LogP contribution in [0.3, 0.4) is 0 Å². The van der Waals surface area contributed by atoms with Gasteiger partial charge >= 0.3 is 35.5 Å². The molecule has 0 aliphatic carbocycles. The average Bonchev–Trinajstić information content (AvgIpc) is 1.83. The number of hydrogen-bond donors (Lipinski definition) is 2. The van der Waals surface area contributed by atoms with Gasteiger partial charge in [-0.15, -0.1) is 0 Å². The maximum absolute atomic E-state index is 10.4. The van der Waals surface area contributed by atoms with Crippen molar-refractivity contribution in [3.63, 3.8) is 0 Å². The molecule has 70 valence electrons. The Morgan fingerprint density at radius 2 is 1.92 bits per heavy atom. The number of carboxylic acid groups (broad SMARTS) is 2. The number of amides is 1. The molecule has 13 heavy (non-hydrogen) atoms. The predicted octanol–water partition coefficient (Wildman–Crippen LogP) is -3.58. The van der Waals surface area contributed by atoms with Crippen LogP contribution in [0.1, 0.15) is 20.3 Å². The van der Waals surface area contributed by atoms with Gasteiger partial charge in [0.15, 0.2) is 0 Å². The van der Waals surface area contributed by atoms with Gasteiger partial charge < -0.3 is 20.3 Å². The summed E-state index contributed by atoms with van der Waals surface area (Å²) in [7, 11) is 0. The molecule has 5 nitrogen and oxygen atoms in total. The quantitative estimate of drug-likeness (QED) is 0.456. The fraction of sp³-hybridized carbons (Fsp3) is 0.714. The first-order chi connectivity index (χ1) is 5.43. The Balaban J connectivity index is 0. The Kier molecular flexibility index (Phi) is 8.40. The normalized spacial score (nSPS) is 11.6. The van der Waals surface area contributed by atoms with E-state index in [9.17, 15) is 14.7 Å². The molecule has 0 heterocycles. The zero-order valence-corrected chi connectivity index (χ0v) is 10.0. The topological polar surface area (TPSA) is 89.5 Å². The van der Waals surface area contributed by atoms with Crippen molar-refractivity contribution < 1.29 is 49.4 Å². The molecule has 1 atom stereocenters. The van der Waals surface area contributed by atoms with Crippen LogP contribution in [0, 0.1) is 5.92 Å². The summed E-state index contributed by atoms with van der Waals surface area (Å²) < 4.78 is 0. The van der Waals surface area contributed by atoms with E-state index in [1.165, 1.54) is 0 Å². The first-order valence-electron chi connectivity index (χ1n) is 3.63. The fourth-order valence-electron chi connectivity index (χ4n) is 0.835. The van der Waals surface area contributed by atoms with Gasteiger partial charge in [-0.2, -0.15) is 0 Å². The molecule has 0 spiro atoms. The smallest absolute Gasteiger partial charge is 0.530 e. The van der Waals surface area contributed by atoms with Crippen molar-refractivity contribution in [1.29, 1.82) is 0 Å². The molecule has 0 radical (unpaired) electrons. The first kappa shape index (κ1) is 15.2. The minimum Gasteiger partial charge on any atom is -0.530 e. The molecule has 0 aromatic rings. The van der Waals surface area contributed by atoms with Gasteiger partial charge in [0.2, 0.25) is 0 Å². The minimum absolute atomic E-state index is 0. The van der Waals surface area contributed by atoms with Crippen LogP contribution in [0.5, 0.6) is 0 Å². The third kappa shape index (κ3) is 8.08. The predicted molar refractivity (Wildman–Crippen MR) is 39.4 cm³/mol. The molecule has 0 rings (SSSR count). The fourth-order valence-corrected chi connectivity index (χ4v) is 0.835. The van der Waals surface area contributed by atoms with Gasteiger partial charge in [0.1, 0.15) is 12.1 Å². The molecule has 0 aliphatic rings. The molecule has 6 heteroatoms. The number of hydrogen-bond acceptors (Lipinski definition) is 3. The molecule has 0 aromatic carbocycles. The number of carbonyl (C=O) groups excluding carboxylic acids is 1. The van der Waals surface area contributed by atoms with Crippen molar-refractivity contribution in [3.8, 4) is 0 Å². The molecule has 1 amide bonds. The van der Waals surface area contributed by atoms with E-state index in [0.29, 0.717) is 0 Å². The van der Waals surface area contributed by atoms with Crippen molar-refractivity contribution in [2.75, 3.05) is 0 Å². The first-order valence-corrected chi connectivity index (χ1v) is 3.63. The second kappa shape index (κ2) is 7.17. The van der Waals surface area contributed by atoms with E-state index in [0.717, 1.165) is 0 Å². The van der Waals surface area contributed by atoms with Gasteiger partial charge in [-0.1, -0.05) is 13.8 Å². The van der Waals surface area contributed by atoms with E-state index in [4.69, 9.17) is 5.11 Å². The zero-order valence-electron chi connectivity index (χ0n) is 8.03. The van der Waals surface area contributed by atoms with Gasteiger partial charge in [0.05, 0.1) is 0 Å². The monoisotopic (exact) mass is 197 g/mol. The van der Waals surface area contributed by atoms with E-state index >= 15 is 0 Å². The summed E-state index contributed by atoms with van der Waals surface area (Å²) in [4.78, 5) is 20.4. The van der Waals surface area contributed by atoms with Crippen molar-refractivity contribution in [3.05, 3.63) is 0 Å². The SMILES string of the molecule is CC(C)C[C@H](NC(=O)[O-])C(=O)O.[Na+]. The summed E-state index contributed by atoms with van der Waals surface area (Å²) in [6, 6.07) is -1.06. The Morgan fingerprint density at radius 3 is 2.15 bits per heavy atom. The molecule has 0 aromatic heterocycles. The second-order valence-electron chi connectivity index (χ2n) is 2.95. The van der Waals surface area contributed by atoms with Crippen LogP contribution in [0.15, 0.2) is 0 Å². The van der Waals surface area contributed by atoms with Crippen molar-refractivity contribution >= 4 is 12.1 Å². The summed E-state index contributed by atoms with van der Waals surface area (Å²) in [5.41, 5.74) is 0. The van der Waals surface area contributed by atoms with Crippen LogP contribution in [0.4, 0.5) is 4.79 Å². The number of rotatable bonds is 4. The summed E-state index contributed by atoms with van der Waals surface area (Å²) in [5.74, 6) is -1.05. The molecule has 0 unspecified atom stereocenters. The number of nitrogens with one attached hydrogen (secondary N) is 1. The van der Waals surface area contributed by atoms with Crippen LogP contribution in [0.2, 0.25) is 0 Å². The van der Waals surface area contributed by atoms with Crippen LogP contribution in [0.25, 0.3) is 0 Å². The summed E-state index contributed by atoms with van der Waals surface area (Å²) in [6.45, 7) is 3.62. The van der Waals surface area contributed by atoms with Crippen molar-refractivity contribution in [2.45, 2.75) is 26.3 Å². The molecule has 0 saturated carbocycles. The van der Waals surface area contributed by atoms with Crippen molar-refractivity contribution in [2.24, 2.45) is 5.92 Å². The van der Waals surface area contributed by atoms with E-state index in [1.807, 2.05) is 19.2 Å². The van der Waals surface area contributed by atoms with Gasteiger partial charge in [0.25, 0.3) is 0 Å². The Labute approximate surface area is 98.8 Å². The van der Waals surface area contributed by atoms with Gasteiger partial charge in [0, 0.05) is 0 Å². The maximum atomic E-state index is 10.4. The summed E-state index contributed by atoms with van der Waals surface area (Å²) in [5, 5.41) is 20.3. The van der Waals surface area contributed by atoms with Crippen LogP contribution >= 0.6 is 0 Å². The minimum atomic E-state index is -1.55. The number of aliphatic carboxylic acids is 1. The Bertz CT molecular complexity index is 183. The Hall–Kier alpha value is -0.260. The van der Waals surface area contributed by atoms with E-state index < -0.39 is 18.1 Å². The number of carbonyl (C=O) groups is 2. The molecule has 0 saturated heterocycles. The second-order valence-corrected chi connectivity index (χ2v) is 2.95. The molecule has 0 aliphatic heterocycles. The van der Waals surface area contributed by atoms with Gasteiger partial charge in [-0.25, -0.2) is 4.79 Å². The number of carboxylic acids is 1. The maximum Gasteiger partial charge on any atom is 1.00 e. The molecule has 0 bridgehead atoms. The standard InChI is InChI=1S/C7H13NO4.Na/c1-4(2)3-5(6(9)10)8-7(11)12;/h4-5,8H,3H2,1-2H3,(H,9,10)(H,11,12);/q;+1/p-1/t5-;/m0./s1. The average molecular weight is 197 g/mol. The van der Waals surface area contributed by atoms with Crippen LogP contribution < -0.4 is 40.0 Å². The third-order valence-electron chi connectivity index (χ3n) is 1.30.